The van der Waals surface area contributed by atoms with Crippen LogP contribution >= 0.6 is 0 Å². The van der Waals surface area contributed by atoms with Crippen LogP contribution in [0.5, 0.6) is 0 Å². The number of nitrogens with zero attached hydrogens (tertiary/aromatic N) is 2. The largest absolute Gasteiger partial charge is 0.524 e. The first-order valence-corrected chi connectivity index (χ1v) is 11.5. The summed E-state index contributed by atoms with van der Waals surface area (Å²) in [6, 6.07) is -0.0754. The lowest BCUT2D eigenvalue weighted by Crippen LogP contribution is -2.75. The number of rotatable bonds is 8. The number of amides is 2. The van der Waals surface area contributed by atoms with Crippen molar-refractivity contribution in [1.29, 1.82) is 0 Å². The van der Waals surface area contributed by atoms with Crippen LogP contribution in [0.4, 0.5) is 4.79 Å². The van der Waals surface area contributed by atoms with Gasteiger partial charge in [0.25, 0.3) is 0 Å². The van der Waals surface area contributed by atoms with E-state index in [9.17, 15) is 4.79 Å². The molecule has 2 saturated heterocycles. The molecule has 11 heteroatoms. The second-order valence-electron chi connectivity index (χ2n) is 5.71. The molecule has 2 fully saturated rings. The Balaban J connectivity index is 2.12. The van der Waals surface area contributed by atoms with Crippen molar-refractivity contribution in [2.45, 2.75) is 24.2 Å². The molecule has 24 heavy (non-hydrogen) atoms. The molecule has 2 rings (SSSR count). The molecule has 140 valence electrons. The molecule has 0 radical (unpaired) electrons. The Kier molecular flexibility index (Phi) is 6.42. The molecular weight excluding hydrogens is 352 g/mol. The monoisotopic (exact) mass is 380 g/mol. The highest BCUT2D eigenvalue weighted by Crippen LogP contribution is 2.34. The van der Waals surface area contributed by atoms with Crippen LogP contribution in [0.2, 0.25) is 0 Å². The zero-order valence-electron chi connectivity index (χ0n) is 15.2. The Labute approximate surface area is 145 Å². The van der Waals surface area contributed by atoms with Crippen molar-refractivity contribution >= 4 is 23.6 Å². The summed E-state index contributed by atoms with van der Waals surface area (Å²) in [5, 5.41) is 0. The Morgan fingerprint density at radius 3 is 1.17 bits per heavy atom. The Hall–Kier alpha value is -0.536. The van der Waals surface area contributed by atoms with E-state index in [4.69, 9.17) is 26.6 Å². The maximum atomic E-state index is 13.0. The van der Waals surface area contributed by atoms with Gasteiger partial charge in [-0.2, -0.15) is 0 Å². The van der Waals surface area contributed by atoms with Gasteiger partial charge in [0.05, 0.1) is 0 Å². The Morgan fingerprint density at radius 2 is 1.00 bits per heavy atom. The molecule has 0 aromatic heterocycles. The third-order valence-electron chi connectivity index (χ3n) is 5.05. The standard InChI is InChI=1S/C13H28N2O7Si2/c1-17-23(18-2,19-3)11-7-9-14(11)13(16)15-10-8-12(15)24(20-4,21-5)22-6/h11-12H,7-10H2,1-6H3. The fourth-order valence-electron chi connectivity index (χ4n) is 3.45. The van der Waals surface area contributed by atoms with E-state index in [0.717, 1.165) is 12.8 Å². The summed E-state index contributed by atoms with van der Waals surface area (Å²) < 4.78 is 33.2. The lowest BCUT2D eigenvalue weighted by Gasteiger charge is -2.53. The van der Waals surface area contributed by atoms with E-state index in [1.54, 1.807) is 52.5 Å². The summed E-state index contributed by atoms with van der Waals surface area (Å²) in [4.78, 5) is 16.5. The van der Waals surface area contributed by atoms with E-state index in [1.165, 1.54) is 0 Å². The van der Waals surface area contributed by atoms with Gasteiger partial charge in [-0.1, -0.05) is 0 Å². The molecule has 2 amide bonds. The molecular formula is C13H28N2O7Si2. The molecule has 0 aliphatic carbocycles. The van der Waals surface area contributed by atoms with E-state index in [0.29, 0.717) is 13.1 Å². The van der Waals surface area contributed by atoms with Gasteiger partial charge in [-0.25, -0.2) is 4.79 Å². The average molecular weight is 381 g/mol. The van der Waals surface area contributed by atoms with Crippen LogP contribution in [0.15, 0.2) is 0 Å². The van der Waals surface area contributed by atoms with Crippen LogP contribution in [-0.2, 0) is 26.6 Å². The number of carbonyl (C=O) groups is 1. The summed E-state index contributed by atoms with van der Waals surface area (Å²) in [5.41, 5.74) is -0.343. The van der Waals surface area contributed by atoms with Crippen molar-refractivity contribution in [3.05, 3.63) is 0 Å². The van der Waals surface area contributed by atoms with Crippen molar-refractivity contribution in [1.82, 2.24) is 9.80 Å². The first-order chi connectivity index (χ1) is 11.5. The minimum Gasteiger partial charge on any atom is -0.376 e. The number of likely N-dealkylation sites (tertiary alicyclic amines) is 2. The Bertz CT molecular complexity index is 394. The molecule has 2 atom stereocenters. The third-order valence-corrected chi connectivity index (χ3v) is 11.3. The number of urea groups is 1. The van der Waals surface area contributed by atoms with Gasteiger partial charge in [0.2, 0.25) is 0 Å². The van der Waals surface area contributed by atoms with Crippen molar-refractivity contribution in [3.63, 3.8) is 0 Å². The molecule has 0 spiro atoms. The van der Waals surface area contributed by atoms with Gasteiger partial charge in [0.15, 0.2) is 0 Å². The lowest BCUT2D eigenvalue weighted by molar-refractivity contribution is 0.0105. The molecule has 2 unspecified atom stereocenters. The van der Waals surface area contributed by atoms with E-state index in [-0.39, 0.29) is 17.4 Å². The lowest BCUT2D eigenvalue weighted by atomic mass is 10.2. The van der Waals surface area contributed by atoms with Gasteiger partial charge in [-0.3, -0.25) is 0 Å². The fraction of sp³-hybridized carbons (Fsp3) is 0.923. The molecule has 2 aliphatic heterocycles. The molecule has 0 aromatic carbocycles. The second-order valence-corrected chi connectivity index (χ2v) is 11.9. The minimum absolute atomic E-state index is 0.0754. The second kappa shape index (κ2) is 7.78. The van der Waals surface area contributed by atoms with E-state index in [2.05, 4.69) is 0 Å². The third kappa shape index (κ3) is 2.92. The summed E-state index contributed by atoms with van der Waals surface area (Å²) in [6.07, 6.45) is 1.60. The molecule has 0 saturated carbocycles. The zero-order valence-corrected chi connectivity index (χ0v) is 17.2. The number of carbonyl (C=O) groups excluding carboxylic acids is 1. The van der Waals surface area contributed by atoms with Gasteiger partial charge in [-0.05, 0) is 12.8 Å². The summed E-state index contributed by atoms with van der Waals surface area (Å²) in [7, 11) is 3.58. The predicted molar refractivity (Wildman–Crippen MR) is 89.2 cm³/mol. The zero-order chi connectivity index (χ0) is 18.0. The van der Waals surface area contributed by atoms with Crippen molar-refractivity contribution < 1.29 is 31.4 Å². The minimum atomic E-state index is -2.89. The molecule has 0 bridgehead atoms. The molecule has 9 nitrogen and oxygen atoms in total. The highest BCUT2D eigenvalue weighted by Gasteiger charge is 2.61. The number of hydrogen-bond acceptors (Lipinski definition) is 7. The van der Waals surface area contributed by atoms with Gasteiger partial charge in [0, 0.05) is 55.7 Å². The molecule has 2 heterocycles. The average Bonchev–Trinajstić information content (AvgIpc) is 2.55. The van der Waals surface area contributed by atoms with Crippen molar-refractivity contribution in [2.75, 3.05) is 55.7 Å². The van der Waals surface area contributed by atoms with Crippen LogP contribution in [0, 0.1) is 0 Å². The van der Waals surface area contributed by atoms with Gasteiger partial charge >= 0.3 is 23.6 Å². The molecule has 0 N–H and O–H groups in total. The summed E-state index contributed by atoms with van der Waals surface area (Å²) >= 11 is 0. The van der Waals surface area contributed by atoms with Crippen LogP contribution in [0.1, 0.15) is 12.8 Å². The van der Waals surface area contributed by atoms with Gasteiger partial charge < -0.3 is 36.4 Å². The van der Waals surface area contributed by atoms with Crippen LogP contribution < -0.4 is 0 Å². The highest BCUT2D eigenvalue weighted by atomic mass is 28.4. The SMILES string of the molecule is CO[Si](OC)(OC)C1CCN1C(=O)N1CCC1[Si](OC)(OC)OC. The van der Waals surface area contributed by atoms with Gasteiger partial charge in [-0.15, -0.1) is 0 Å². The molecule has 0 aromatic rings. The highest BCUT2D eigenvalue weighted by molar-refractivity contribution is 6.63. The normalized spacial score (nSPS) is 24.6. The first-order valence-electron chi connectivity index (χ1n) is 7.87. The maximum Gasteiger partial charge on any atom is 0.524 e. The van der Waals surface area contributed by atoms with Crippen molar-refractivity contribution in [3.8, 4) is 0 Å². The van der Waals surface area contributed by atoms with E-state index in [1.807, 2.05) is 0 Å². The topological polar surface area (TPSA) is 78.9 Å². The Morgan fingerprint density at radius 1 is 0.708 bits per heavy atom. The predicted octanol–water partition coefficient (Wildman–Crippen LogP) is 0.0896. The first kappa shape index (κ1) is 19.8. The maximum absolute atomic E-state index is 13.0. The van der Waals surface area contributed by atoms with Crippen LogP contribution in [-0.4, -0.2) is 101 Å². The fourth-order valence-corrected chi connectivity index (χ4v) is 8.29. The quantitative estimate of drug-likeness (QED) is 0.552. The van der Waals surface area contributed by atoms with Crippen LogP contribution in [0.25, 0.3) is 0 Å². The molecule has 2 aliphatic rings. The summed E-state index contributed by atoms with van der Waals surface area (Å²) in [5.74, 6) is 0. The smallest absolute Gasteiger partial charge is 0.376 e. The van der Waals surface area contributed by atoms with E-state index < -0.39 is 17.6 Å². The number of hydrogen-bond donors (Lipinski definition) is 0. The van der Waals surface area contributed by atoms with Crippen LogP contribution in [0.3, 0.4) is 0 Å². The van der Waals surface area contributed by atoms with Gasteiger partial charge in [0.1, 0.15) is 11.3 Å². The van der Waals surface area contributed by atoms with E-state index >= 15 is 0 Å². The van der Waals surface area contributed by atoms with Crippen molar-refractivity contribution in [2.24, 2.45) is 0 Å². The summed E-state index contributed by atoms with van der Waals surface area (Å²) in [6.45, 7) is 1.30.